The van der Waals surface area contributed by atoms with Crippen LogP contribution in [-0.4, -0.2) is 22.0 Å². The predicted molar refractivity (Wildman–Crippen MR) is 129 cm³/mol. The summed E-state index contributed by atoms with van der Waals surface area (Å²) < 4.78 is 41.6. The maximum absolute atomic E-state index is 13.8. The molecule has 0 aliphatic rings. The first kappa shape index (κ1) is 24.0. The highest BCUT2D eigenvalue weighted by Crippen LogP contribution is 2.41. The van der Waals surface area contributed by atoms with Gasteiger partial charge in [0.25, 0.3) is 0 Å². The Labute approximate surface area is 201 Å². The monoisotopic (exact) mass is 497 g/mol. The number of alkyl halides is 3. The Bertz CT molecular complexity index is 1430. The normalized spacial score (nSPS) is 11.7. The number of aromatic carboxylic acids is 1. The summed E-state index contributed by atoms with van der Waals surface area (Å²) in [5.74, 6) is -1.17. The molecule has 6 nitrogen and oxygen atoms in total. The Balaban J connectivity index is 1.57. The van der Waals surface area contributed by atoms with Crippen molar-refractivity contribution < 1.29 is 27.9 Å². The van der Waals surface area contributed by atoms with Gasteiger partial charge in [-0.05, 0) is 70.6 Å². The van der Waals surface area contributed by atoms with E-state index >= 15 is 0 Å². The van der Waals surface area contributed by atoms with Crippen LogP contribution in [0.2, 0.25) is 0 Å². The molecule has 0 saturated carbocycles. The number of nitrogen functional groups attached to an aromatic ring is 1. The van der Waals surface area contributed by atoms with E-state index in [-0.39, 0.29) is 16.8 Å². The molecule has 4 N–H and O–H groups in total. The first-order valence-corrected chi connectivity index (χ1v) is 11.1. The Morgan fingerprint density at radius 3 is 2.43 bits per heavy atom. The minimum atomic E-state index is -4.59. The molecule has 4 rings (SSSR count). The average Bonchev–Trinajstić information content (AvgIpc) is 3.24. The van der Waals surface area contributed by atoms with Gasteiger partial charge in [0.1, 0.15) is 5.82 Å². The molecule has 4 aromatic rings. The first-order valence-electron chi connectivity index (χ1n) is 10.2. The van der Waals surface area contributed by atoms with Gasteiger partial charge in [0, 0.05) is 21.8 Å². The number of carboxylic acid groups (broad SMARTS) is 1. The molecule has 35 heavy (non-hydrogen) atoms. The van der Waals surface area contributed by atoms with E-state index < -0.39 is 23.6 Å². The number of fused-ring (bicyclic) bond motifs is 1. The number of hydrogen-bond donors (Lipinski definition) is 3. The lowest BCUT2D eigenvalue weighted by atomic mass is 9.99. The fourth-order valence-corrected chi connectivity index (χ4v) is 4.51. The number of halogens is 3. The van der Waals surface area contributed by atoms with E-state index in [1.807, 2.05) is 0 Å². The number of aromatic nitrogens is 1. The van der Waals surface area contributed by atoms with Gasteiger partial charge in [-0.15, -0.1) is 11.3 Å². The summed E-state index contributed by atoms with van der Waals surface area (Å²) >= 11 is 0.959. The van der Waals surface area contributed by atoms with E-state index in [1.54, 1.807) is 30.3 Å². The number of carbonyl (C=O) groups is 2. The number of benzene rings is 2. The molecule has 10 heteroatoms. The molecule has 0 spiro atoms. The molecule has 2 aromatic carbocycles. The van der Waals surface area contributed by atoms with Crippen molar-refractivity contribution in [1.29, 1.82) is 0 Å². The van der Waals surface area contributed by atoms with Gasteiger partial charge in [0.05, 0.1) is 17.7 Å². The second-order valence-corrected chi connectivity index (χ2v) is 8.74. The highest BCUT2D eigenvalue weighted by Gasteiger charge is 2.34. The van der Waals surface area contributed by atoms with Gasteiger partial charge in [-0.2, -0.15) is 13.2 Å². The van der Waals surface area contributed by atoms with Crippen LogP contribution in [0.1, 0.15) is 26.4 Å². The van der Waals surface area contributed by atoms with Crippen molar-refractivity contribution in [3.05, 3.63) is 88.4 Å². The molecule has 0 bridgehead atoms. The Kier molecular flexibility index (Phi) is 6.57. The van der Waals surface area contributed by atoms with Crippen LogP contribution in [0, 0.1) is 0 Å². The number of amides is 1. The average molecular weight is 497 g/mol. The van der Waals surface area contributed by atoms with Crippen molar-refractivity contribution in [2.24, 2.45) is 0 Å². The van der Waals surface area contributed by atoms with Gasteiger partial charge in [0.2, 0.25) is 5.91 Å². The van der Waals surface area contributed by atoms with Crippen molar-refractivity contribution in [3.63, 3.8) is 0 Å². The number of carbonyl (C=O) groups excluding carboxylic acids is 1. The smallest absolute Gasteiger partial charge is 0.417 e. The molecule has 0 aliphatic heterocycles. The SMILES string of the molecule is Nc1ccc(/C=C/C(=O)NCc2cc3cc(-c4ccc(C(=O)O)cc4)cc(C(F)(F)F)c3s2)cn1. The number of thiophene rings is 1. The predicted octanol–water partition coefficient (Wildman–Crippen LogP) is 5.59. The first-order chi connectivity index (χ1) is 16.6. The van der Waals surface area contributed by atoms with Crippen LogP contribution >= 0.6 is 11.3 Å². The van der Waals surface area contributed by atoms with Gasteiger partial charge < -0.3 is 16.2 Å². The Morgan fingerprint density at radius 2 is 1.80 bits per heavy atom. The molecular formula is C25H18F3N3O3S. The largest absolute Gasteiger partial charge is 0.478 e. The van der Waals surface area contributed by atoms with Gasteiger partial charge in [-0.1, -0.05) is 12.1 Å². The molecule has 0 radical (unpaired) electrons. The number of carboxylic acids is 1. The number of nitrogens with one attached hydrogen (secondary N) is 1. The lowest BCUT2D eigenvalue weighted by Gasteiger charge is -2.11. The summed E-state index contributed by atoms with van der Waals surface area (Å²) in [5.41, 5.74) is 6.23. The van der Waals surface area contributed by atoms with E-state index in [0.29, 0.717) is 32.8 Å². The van der Waals surface area contributed by atoms with E-state index in [4.69, 9.17) is 10.8 Å². The molecular weight excluding hydrogens is 479 g/mol. The van der Waals surface area contributed by atoms with Crippen LogP contribution in [0.25, 0.3) is 27.3 Å². The topological polar surface area (TPSA) is 105 Å². The molecule has 2 aromatic heterocycles. The zero-order chi connectivity index (χ0) is 25.2. The van der Waals surface area contributed by atoms with Crippen molar-refractivity contribution in [1.82, 2.24) is 10.3 Å². The van der Waals surface area contributed by atoms with Gasteiger partial charge in [0.15, 0.2) is 0 Å². The Hall–Kier alpha value is -4.18. The third-order valence-corrected chi connectivity index (χ3v) is 6.30. The van der Waals surface area contributed by atoms with Crippen LogP contribution in [0.4, 0.5) is 19.0 Å². The minimum absolute atomic E-state index is 0.0427. The van der Waals surface area contributed by atoms with Gasteiger partial charge >= 0.3 is 12.1 Å². The molecule has 2 heterocycles. The molecule has 0 atom stereocenters. The molecule has 0 saturated heterocycles. The van der Waals surface area contributed by atoms with Crippen LogP contribution in [0.3, 0.4) is 0 Å². The molecule has 0 fully saturated rings. The highest BCUT2D eigenvalue weighted by molar-refractivity contribution is 7.19. The number of nitrogens with two attached hydrogens (primary N) is 1. The number of pyridine rings is 1. The van der Waals surface area contributed by atoms with E-state index in [9.17, 15) is 22.8 Å². The lowest BCUT2D eigenvalue weighted by molar-refractivity contribution is -0.136. The summed E-state index contributed by atoms with van der Waals surface area (Å²) in [6.45, 7) is 0.0580. The fraction of sp³-hybridized carbons (Fsp3) is 0.0800. The lowest BCUT2D eigenvalue weighted by Crippen LogP contribution is -2.19. The maximum atomic E-state index is 13.8. The van der Waals surface area contributed by atoms with Crippen LogP contribution in [-0.2, 0) is 17.5 Å². The summed E-state index contributed by atoms with van der Waals surface area (Å²) in [6.07, 6.45) is -0.218. The second kappa shape index (κ2) is 9.59. The standard InChI is InChI=1S/C25H18F3N3O3S/c26-25(27,28)20-11-17(15-3-5-16(6-4-15)24(33)34)9-18-10-19(35-23(18)20)13-31-22(32)8-2-14-1-7-21(29)30-12-14/h1-12H,13H2,(H2,29,30)(H,31,32)(H,33,34)/b8-2+. The van der Waals surface area contributed by atoms with Crippen LogP contribution in [0.5, 0.6) is 0 Å². The van der Waals surface area contributed by atoms with Gasteiger partial charge in [-0.25, -0.2) is 9.78 Å². The zero-order valence-electron chi connectivity index (χ0n) is 18.0. The quantitative estimate of drug-likeness (QED) is 0.301. The fourth-order valence-electron chi connectivity index (χ4n) is 3.40. The van der Waals surface area contributed by atoms with Crippen molar-refractivity contribution in [2.45, 2.75) is 12.7 Å². The maximum Gasteiger partial charge on any atom is 0.417 e. The molecule has 0 aliphatic carbocycles. The highest BCUT2D eigenvalue weighted by atomic mass is 32.1. The molecule has 178 valence electrons. The summed E-state index contributed by atoms with van der Waals surface area (Å²) in [5, 5.41) is 12.1. The van der Waals surface area contributed by atoms with E-state index in [1.165, 1.54) is 36.5 Å². The number of rotatable bonds is 6. The van der Waals surface area contributed by atoms with Crippen molar-refractivity contribution in [2.75, 3.05) is 5.73 Å². The third-order valence-electron chi connectivity index (χ3n) is 5.11. The summed E-state index contributed by atoms with van der Waals surface area (Å²) in [6, 6.07) is 13.2. The molecule has 0 unspecified atom stereocenters. The zero-order valence-corrected chi connectivity index (χ0v) is 18.8. The second-order valence-electron chi connectivity index (χ2n) is 7.60. The Morgan fingerprint density at radius 1 is 1.06 bits per heavy atom. The number of hydrogen-bond acceptors (Lipinski definition) is 5. The van der Waals surface area contributed by atoms with Gasteiger partial charge in [-0.3, -0.25) is 4.79 Å². The van der Waals surface area contributed by atoms with Crippen molar-refractivity contribution >= 4 is 45.2 Å². The van der Waals surface area contributed by atoms with E-state index in [2.05, 4.69) is 10.3 Å². The third kappa shape index (κ3) is 5.67. The van der Waals surface area contributed by atoms with Crippen molar-refractivity contribution in [3.8, 4) is 11.1 Å². The van der Waals surface area contributed by atoms with E-state index in [0.717, 1.165) is 17.4 Å². The minimum Gasteiger partial charge on any atom is -0.478 e. The van der Waals surface area contributed by atoms with Crippen LogP contribution < -0.4 is 11.1 Å². The number of nitrogens with zero attached hydrogens (tertiary/aromatic N) is 1. The molecule has 1 amide bonds. The summed E-state index contributed by atoms with van der Waals surface area (Å²) in [4.78, 5) is 27.7. The van der Waals surface area contributed by atoms with Crippen LogP contribution in [0.15, 0.2) is 66.9 Å². The number of anilines is 1. The summed E-state index contributed by atoms with van der Waals surface area (Å²) in [7, 11) is 0.